The van der Waals surface area contributed by atoms with Gasteiger partial charge >= 0.3 is 11.9 Å². The summed E-state index contributed by atoms with van der Waals surface area (Å²) in [5.41, 5.74) is -0.593. The topological polar surface area (TPSA) is 122 Å². The van der Waals surface area contributed by atoms with Gasteiger partial charge in [0.15, 0.2) is 11.4 Å². The van der Waals surface area contributed by atoms with Crippen molar-refractivity contribution in [1.29, 1.82) is 0 Å². The molecule has 3 atom stereocenters. The second kappa shape index (κ2) is 12.2. The molecule has 1 aromatic heterocycles. The number of ether oxygens (including phenoxy) is 5. The quantitative estimate of drug-likeness (QED) is 0.486. The predicted octanol–water partition coefficient (Wildman–Crippen LogP) is 3.57. The van der Waals surface area contributed by atoms with E-state index in [0.717, 1.165) is 0 Å². The third-order valence-electron chi connectivity index (χ3n) is 5.14. The van der Waals surface area contributed by atoms with Crippen molar-refractivity contribution in [2.45, 2.75) is 59.8 Å². The number of pyridine rings is 1. The van der Waals surface area contributed by atoms with Crippen molar-refractivity contribution in [3.63, 3.8) is 0 Å². The number of carbonyl (C=O) groups excluding carboxylic acids is 3. The number of amides is 1. The van der Waals surface area contributed by atoms with Gasteiger partial charge in [-0.1, -0.05) is 26.8 Å². The minimum atomic E-state index is -1.03. The van der Waals surface area contributed by atoms with Gasteiger partial charge < -0.3 is 29.0 Å². The van der Waals surface area contributed by atoms with E-state index in [4.69, 9.17) is 23.7 Å². The van der Waals surface area contributed by atoms with Gasteiger partial charge in [0.25, 0.3) is 5.91 Å². The fourth-order valence-corrected chi connectivity index (χ4v) is 3.46. The summed E-state index contributed by atoms with van der Waals surface area (Å²) >= 11 is 0. The molecular weight excluding hydrogens is 468 g/mol. The van der Waals surface area contributed by atoms with Crippen LogP contribution < -0.4 is 24.3 Å². The van der Waals surface area contributed by atoms with Crippen molar-refractivity contribution in [1.82, 2.24) is 10.3 Å². The number of nitrogens with zero attached hydrogens (tertiary/aromatic N) is 1. The Bertz CT molecular complexity index is 1080. The molecule has 2 rings (SSSR count). The third kappa shape index (κ3) is 7.59. The van der Waals surface area contributed by atoms with Gasteiger partial charge in [-0.05, 0) is 26.0 Å². The van der Waals surface area contributed by atoms with Crippen molar-refractivity contribution in [3.05, 3.63) is 42.2 Å². The monoisotopic (exact) mass is 502 g/mol. The van der Waals surface area contributed by atoms with Crippen LogP contribution in [0.1, 0.15) is 52.0 Å². The van der Waals surface area contributed by atoms with Crippen molar-refractivity contribution in [2.24, 2.45) is 5.41 Å². The summed E-state index contributed by atoms with van der Waals surface area (Å²) in [5.74, 6) is -0.837. The molecule has 1 aromatic carbocycles. The first kappa shape index (κ1) is 28.4. The Balaban J connectivity index is 2.14. The Kier molecular flexibility index (Phi) is 9.66. The minimum Gasteiger partial charge on any atom is -0.497 e. The maximum atomic E-state index is 12.8. The van der Waals surface area contributed by atoms with Gasteiger partial charge in [-0.25, -0.2) is 9.78 Å². The number of rotatable bonds is 10. The fourth-order valence-electron chi connectivity index (χ4n) is 3.46. The Labute approximate surface area is 211 Å². The second-order valence-electron chi connectivity index (χ2n) is 9.21. The predicted molar refractivity (Wildman–Crippen MR) is 131 cm³/mol. The van der Waals surface area contributed by atoms with E-state index in [1.54, 1.807) is 38.3 Å². The van der Waals surface area contributed by atoms with E-state index in [1.807, 2.05) is 20.8 Å². The average Bonchev–Trinajstić information content (AvgIpc) is 2.81. The second-order valence-corrected chi connectivity index (χ2v) is 9.21. The first-order valence-corrected chi connectivity index (χ1v) is 11.4. The normalized spacial score (nSPS) is 13.6. The van der Waals surface area contributed by atoms with Crippen molar-refractivity contribution < 1.29 is 38.1 Å². The van der Waals surface area contributed by atoms with Crippen LogP contribution in [0.25, 0.3) is 0 Å². The molecule has 0 radical (unpaired) electrons. The summed E-state index contributed by atoms with van der Waals surface area (Å²) in [5, 5.41) is 2.53. The van der Waals surface area contributed by atoms with E-state index in [0.29, 0.717) is 11.5 Å². The van der Waals surface area contributed by atoms with Gasteiger partial charge in [0.1, 0.15) is 29.7 Å². The number of methoxy groups -OCH3 is 2. The van der Waals surface area contributed by atoms with E-state index >= 15 is 0 Å². The van der Waals surface area contributed by atoms with Crippen LogP contribution in [-0.2, 0) is 14.3 Å². The van der Waals surface area contributed by atoms with Crippen LogP contribution in [0.2, 0.25) is 0 Å². The van der Waals surface area contributed by atoms with E-state index in [-0.39, 0.29) is 17.2 Å². The highest BCUT2D eigenvalue weighted by Gasteiger charge is 2.35. The van der Waals surface area contributed by atoms with Crippen LogP contribution in [0.5, 0.6) is 23.0 Å². The first-order chi connectivity index (χ1) is 16.9. The zero-order chi connectivity index (χ0) is 27.0. The average molecular weight is 503 g/mol. The summed E-state index contributed by atoms with van der Waals surface area (Å²) in [6.07, 6.45) is 0.164. The van der Waals surface area contributed by atoms with E-state index in [2.05, 4.69) is 10.3 Å². The SMILES string of the molecule is COc1cccc(O[C@@H]([C@H](C)OC(=O)[C@H](C)NC(=O)c2nccc(OC)c2OC(C)=O)C(C)(C)C)c1. The van der Waals surface area contributed by atoms with E-state index < -0.39 is 41.5 Å². The Morgan fingerprint density at radius 1 is 1.00 bits per heavy atom. The fraction of sp³-hybridized carbons (Fsp3) is 0.462. The summed E-state index contributed by atoms with van der Waals surface area (Å²) < 4.78 is 27.4. The van der Waals surface area contributed by atoms with Gasteiger partial charge in [0.2, 0.25) is 5.75 Å². The molecule has 0 bridgehead atoms. The molecule has 10 nitrogen and oxygen atoms in total. The highest BCUT2D eigenvalue weighted by molar-refractivity contribution is 5.98. The molecule has 0 spiro atoms. The molecular formula is C26H34N2O8. The molecule has 2 aromatic rings. The number of nitrogens with one attached hydrogen (secondary N) is 1. The van der Waals surface area contributed by atoms with Crippen LogP contribution in [0.15, 0.2) is 36.5 Å². The molecule has 36 heavy (non-hydrogen) atoms. The Morgan fingerprint density at radius 3 is 2.25 bits per heavy atom. The largest absolute Gasteiger partial charge is 0.497 e. The highest BCUT2D eigenvalue weighted by Crippen LogP contribution is 2.31. The summed E-state index contributed by atoms with van der Waals surface area (Å²) in [6, 6.07) is 7.56. The molecule has 1 amide bonds. The van der Waals surface area contributed by atoms with Crippen LogP contribution in [-0.4, -0.2) is 55.3 Å². The lowest BCUT2D eigenvalue weighted by Gasteiger charge is -2.35. The van der Waals surface area contributed by atoms with Gasteiger partial charge in [-0.15, -0.1) is 0 Å². The molecule has 196 valence electrons. The molecule has 0 saturated carbocycles. The maximum absolute atomic E-state index is 12.8. The van der Waals surface area contributed by atoms with E-state index in [9.17, 15) is 14.4 Å². The molecule has 0 fully saturated rings. The Morgan fingerprint density at radius 2 is 1.67 bits per heavy atom. The lowest BCUT2D eigenvalue weighted by atomic mass is 9.86. The minimum absolute atomic E-state index is 0.140. The molecule has 1 heterocycles. The highest BCUT2D eigenvalue weighted by atomic mass is 16.6. The van der Waals surface area contributed by atoms with Gasteiger partial charge in [0.05, 0.1) is 14.2 Å². The molecule has 0 aliphatic rings. The third-order valence-corrected chi connectivity index (χ3v) is 5.14. The van der Waals surface area contributed by atoms with Crippen molar-refractivity contribution >= 4 is 17.8 Å². The Hall–Kier alpha value is -3.82. The zero-order valence-electron chi connectivity index (χ0n) is 21.9. The number of esters is 2. The van der Waals surface area contributed by atoms with Crippen LogP contribution >= 0.6 is 0 Å². The maximum Gasteiger partial charge on any atom is 0.328 e. The summed E-state index contributed by atoms with van der Waals surface area (Å²) in [6.45, 7) is 10.3. The summed E-state index contributed by atoms with van der Waals surface area (Å²) in [7, 11) is 2.93. The van der Waals surface area contributed by atoms with Gasteiger partial charge in [-0.2, -0.15) is 0 Å². The van der Waals surface area contributed by atoms with Gasteiger partial charge in [-0.3, -0.25) is 9.59 Å². The standard InChI is InChI=1S/C26H34N2O8/c1-15(28-24(30)21-22(35-17(3)29)20(33-8)12-13-27-21)25(31)34-16(2)23(26(4,5)6)36-19-11-9-10-18(14-19)32-7/h9-16,23H,1-8H3,(H,28,30)/t15-,16-,23-/m0/s1. The molecule has 10 heteroatoms. The van der Waals surface area contributed by atoms with Crippen LogP contribution in [0.4, 0.5) is 0 Å². The van der Waals surface area contributed by atoms with Crippen molar-refractivity contribution in [3.8, 4) is 23.0 Å². The number of benzene rings is 1. The summed E-state index contributed by atoms with van der Waals surface area (Å²) in [4.78, 5) is 41.2. The van der Waals surface area contributed by atoms with E-state index in [1.165, 1.54) is 33.2 Å². The molecule has 0 saturated heterocycles. The lowest BCUT2D eigenvalue weighted by Crippen LogP contribution is -2.47. The van der Waals surface area contributed by atoms with Gasteiger partial charge in [0, 0.05) is 30.7 Å². The molecule has 0 aliphatic heterocycles. The number of aromatic nitrogens is 1. The molecule has 0 aliphatic carbocycles. The number of hydrogen-bond acceptors (Lipinski definition) is 9. The number of carbonyl (C=O) groups is 3. The smallest absolute Gasteiger partial charge is 0.328 e. The van der Waals surface area contributed by atoms with Crippen LogP contribution in [0.3, 0.4) is 0 Å². The zero-order valence-corrected chi connectivity index (χ0v) is 21.9. The van der Waals surface area contributed by atoms with Crippen LogP contribution in [0, 0.1) is 5.41 Å². The molecule has 0 unspecified atom stereocenters. The lowest BCUT2D eigenvalue weighted by molar-refractivity contribution is -0.158. The molecule has 1 N–H and O–H groups in total. The van der Waals surface area contributed by atoms with Crippen molar-refractivity contribution in [2.75, 3.05) is 14.2 Å². The first-order valence-electron chi connectivity index (χ1n) is 11.4. The number of hydrogen-bond donors (Lipinski definition) is 1.